The van der Waals surface area contributed by atoms with Crippen molar-refractivity contribution < 1.29 is 4.74 Å². The van der Waals surface area contributed by atoms with E-state index in [1.807, 2.05) is 0 Å². The average molecular weight is 223 g/mol. The van der Waals surface area contributed by atoms with E-state index in [0.717, 1.165) is 13.0 Å². The molecule has 1 saturated heterocycles. The predicted molar refractivity (Wildman–Crippen MR) is 65.7 cm³/mol. The van der Waals surface area contributed by atoms with Crippen molar-refractivity contribution in [2.75, 3.05) is 18.2 Å². The summed E-state index contributed by atoms with van der Waals surface area (Å²) >= 11 is 1.77. The lowest BCUT2D eigenvalue weighted by Crippen LogP contribution is -2.26. The first kappa shape index (κ1) is 10.8. The summed E-state index contributed by atoms with van der Waals surface area (Å²) in [4.78, 5) is 1.30. The molecule has 2 rings (SSSR count). The SMILES string of the molecule is CSc1ccc(NC2CCOC2C)cc1. The van der Waals surface area contributed by atoms with Gasteiger partial charge in [-0.25, -0.2) is 0 Å². The Labute approximate surface area is 95.4 Å². The van der Waals surface area contributed by atoms with Crippen LogP contribution >= 0.6 is 11.8 Å². The fourth-order valence-corrected chi connectivity index (χ4v) is 2.23. The molecule has 82 valence electrons. The average Bonchev–Trinajstić information content (AvgIpc) is 2.66. The highest BCUT2D eigenvalue weighted by Gasteiger charge is 2.23. The van der Waals surface area contributed by atoms with Crippen molar-refractivity contribution in [3.05, 3.63) is 24.3 Å². The van der Waals surface area contributed by atoms with Crippen molar-refractivity contribution in [1.82, 2.24) is 0 Å². The molecule has 2 nitrogen and oxygen atoms in total. The van der Waals surface area contributed by atoms with Gasteiger partial charge in [-0.2, -0.15) is 0 Å². The maximum atomic E-state index is 5.52. The highest BCUT2D eigenvalue weighted by atomic mass is 32.2. The Morgan fingerprint density at radius 1 is 1.33 bits per heavy atom. The van der Waals surface area contributed by atoms with E-state index < -0.39 is 0 Å². The first-order valence-electron chi connectivity index (χ1n) is 5.32. The molecule has 0 radical (unpaired) electrons. The normalized spacial score (nSPS) is 25.5. The zero-order valence-corrected chi connectivity index (χ0v) is 10.0. The van der Waals surface area contributed by atoms with Crippen LogP contribution in [-0.4, -0.2) is 25.0 Å². The number of thioether (sulfide) groups is 1. The van der Waals surface area contributed by atoms with E-state index >= 15 is 0 Å². The summed E-state index contributed by atoms with van der Waals surface area (Å²) in [5.74, 6) is 0. The molecule has 3 heteroatoms. The van der Waals surface area contributed by atoms with Crippen molar-refractivity contribution in [2.24, 2.45) is 0 Å². The Bertz CT molecular complexity index is 312. The van der Waals surface area contributed by atoms with Crippen molar-refractivity contribution in [3.8, 4) is 0 Å². The van der Waals surface area contributed by atoms with Crippen LogP contribution in [-0.2, 0) is 4.74 Å². The lowest BCUT2D eigenvalue weighted by atomic mass is 10.1. The fraction of sp³-hybridized carbons (Fsp3) is 0.500. The Hall–Kier alpha value is -0.670. The van der Waals surface area contributed by atoms with Gasteiger partial charge in [0.15, 0.2) is 0 Å². The van der Waals surface area contributed by atoms with E-state index in [1.165, 1.54) is 10.6 Å². The van der Waals surface area contributed by atoms with Crippen molar-refractivity contribution in [2.45, 2.75) is 30.4 Å². The van der Waals surface area contributed by atoms with Gasteiger partial charge in [-0.05, 0) is 43.9 Å². The molecular formula is C12H17NOS. The molecule has 1 aliphatic rings. The Kier molecular flexibility index (Phi) is 3.54. The van der Waals surface area contributed by atoms with Crippen molar-refractivity contribution >= 4 is 17.4 Å². The number of hydrogen-bond acceptors (Lipinski definition) is 3. The lowest BCUT2D eigenvalue weighted by molar-refractivity contribution is 0.121. The van der Waals surface area contributed by atoms with Crippen LogP contribution in [0.3, 0.4) is 0 Å². The number of hydrogen-bond donors (Lipinski definition) is 1. The number of benzene rings is 1. The van der Waals surface area contributed by atoms with Crippen LogP contribution in [0.1, 0.15) is 13.3 Å². The van der Waals surface area contributed by atoms with E-state index in [1.54, 1.807) is 11.8 Å². The largest absolute Gasteiger partial charge is 0.380 e. The molecule has 1 N–H and O–H groups in total. The van der Waals surface area contributed by atoms with Crippen LogP contribution < -0.4 is 5.32 Å². The molecule has 0 aliphatic carbocycles. The number of anilines is 1. The van der Waals surface area contributed by atoms with Gasteiger partial charge >= 0.3 is 0 Å². The molecular weight excluding hydrogens is 206 g/mol. The van der Waals surface area contributed by atoms with Gasteiger partial charge in [-0.3, -0.25) is 0 Å². The minimum Gasteiger partial charge on any atom is -0.380 e. The predicted octanol–water partition coefficient (Wildman–Crippen LogP) is 3.00. The van der Waals surface area contributed by atoms with E-state index in [4.69, 9.17) is 4.74 Å². The standard InChI is InChI=1S/C12H17NOS/c1-9-12(7-8-14-9)13-10-3-5-11(15-2)6-4-10/h3-6,9,12-13H,7-8H2,1-2H3. The summed E-state index contributed by atoms with van der Waals surface area (Å²) < 4.78 is 5.52. The van der Waals surface area contributed by atoms with Crippen molar-refractivity contribution in [3.63, 3.8) is 0 Å². The zero-order chi connectivity index (χ0) is 10.7. The molecule has 1 aromatic carbocycles. The molecule has 2 unspecified atom stereocenters. The van der Waals surface area contributed by atoms with Crippen LogP contribution in [0.4, 0.5) is 5.69 Å². The van der Waals surface area contributed by atoms with E-state index in [2.05, 4.69) is 42.8 Å². The molecule has 0 amide bonds. The zero-order valence-electron chi connectivity index (χ0n) is 9.19. The highest BCUT2D eigenvalue weighted by molar-refractivity contribution is 7.98. The van der Waals surface area contributed by atoms with Gasteiger partial charge in [-0.15, -0.1) is 11.8 Å². The number of ether oxygens (including phenoxy) is 1. The van der Waals surface area contributed by atoms with Gasteiger partial charge < -0.3 is 10.1 Å². The molecule has 15 heavy (non-hydrogen) atoms. The summed E-state index contributed by atoms with van der Waals surface area (Å²) in [7, 11) is 0. The second-order valence-corrected chi connectivity index (χ2v) is 4.72. The second-order valence-electron chi connectivity index (χ2n) is 3.84. The quantitative estimate of drug-likeness (QED) is 0.796. The van der Waals surface area contributed by atoms with Crippen LogP contribution in [0.5, 0.6) is 0 Å². The molecule has 0 saturated carbocycles. The third-order valence-electron chi connectivity index (χ3n) is 2.82. The molecule has 1 aliphatic heterocycles. The topological polar surface area (TPSA) is 21.3 Å². The second kappa shape index (κ2) is 4.90. The minimum atomic E-state index is 0.324. The lowest BCUT2D eigenvalue weighted by Gasteiger charge is -2.17. The smallest absolute Gasteiger partial charge is 0.0748 e. The first-order chi connectivity index (χ1) is 7.29. The summed E-state index contributed by atoms with van der Waals surface area (Å²) in [5, 5.41) is 3.51. The summed E-state index contributed by atoms with van der Waals surface area (Å²) in [6.07, 6.45) is 3.52. The number of rotatable bonds is 3. The van der Waals surface area contributed by atoms with E-state index in [0.29, 0.717) is 12.1 Å². The summed E-state index contributed by atoms with van der Waals surface area (Å²) in [5.41, 5.74) is 1.19. The molecule has 1 fully saturated rings. The Morgan fingerprint density at radius 2 is 2.07 bits per heavy atom. The fourth-order valence-electron chi connectivity index (χ4n) is 1.82. The molecule has 2 atom stereocenters. The van der Waals surface area contributed by atoms with Gasteiger partial charge in [-0.1, -0.05) is 0 Å². The maximum Gasteiger partial charge on any atom is 0.0748 e. The molecule has 1 aromatic rings. The number of nitrogens with one attached hydrogen (secondary N) is 1. The van der Waals surface area contributed by atoms with Gasteiger partial charge in [0.25, 0.3) is 0 Å². The van der Waals surface area contributed by atoms with Gasteiger partial charge in [0.1, 0.15) is 0 Å². The maximum absolute atomic E-state index is 5.52. The van der Waals surface area contributed by atoms with Crippen LogP contribution in [0.15, 0.2) is 29.2 Å². The summed E-state index contributed by atoms with van der Waals surface area (Å²) in [6.45, 7) is 3.00. The minimum absolute atomic E-state index is 0.324. The molecule has 1 heterocycles. The van der Waals surface area contributed by atoms with Gasteiger partial charge in [0, 0.05) is 17.2 Å². The monoisotopic (exact) mass is 223 g/mol. The van der Waals surface area contributed by atoms with Gasteiger partial charge in [0.05, 0.1) is 12.1 Å². The Balaban J connectivity index is 1.98. The Morgan fingerprint density at radius 3 is 2.60 bits per heavy atom. The molecule has 0 bridgehead atoms. The van der Waals surface area contributed by atoms with Crippen LogP contribution in [0.2, 0.25) is 0 Å². The molecule has 0 spiro atoms. The third kappa shape index (κ3) is 2.67. The van der Waals surface area contributed by atoms with E-state index in [9.17, 15) is 0 Å². The van der Waals surface area contributed by atoms with Crippen LogP contribution in [0.25, 0.3) is 0 Å². The first-order valence-corrected chi connectivity index (χ1v) is 6.54. The summed E-state index contributed by atoms with van der Waals surface area (Å²) in [6, 6.07) is 9.03. The highest BCUT2D eigenvalue weighted by Crippen LogP contribution is 2.21. The van der Waals surface area contributed by atoms with E-state index in [-0.39, 0.29) is 0 Å². The van der Waals surface area contributed by atoms with Crippen LogP contribution in [0, 0.1) is 0 Å². The molecule has 0 aromatic heterocycles. The third-order valence-corrected chi connectivity index (χ3v) is 3.56. The van der Waals surface area contributed by atoms with Gasteiger partial charge in [0.2, 0.25) is 0 Å². The van der Waals surface area contributed by atoms with Crippen molar-refractivity contribution in [1.29, 1.82) is 0 Å².